The third-order valence-corrected chi connectivity index (χ3v) is 4.69. The Balaban J connectivity index is 1.74. The van der Waals surface area contributed by atoms with E-state index < -0.39 is 5.60 Å². The summed E-state index contributed by atoms with van der Waals surface area (Å²) in [4.78, 5) is 14.3. The molecule has 0 aliphatic carbocycles. The van der Waals surface area contributed by atoms with Crippen LogP contribution in [0, 0.1) is 0 Å². The van der Waals surface area contributed by atoms with Gasteiger partial charge >= 0.3 is 6.09 Å². The second kappa shape index (κ2) is 6.20. The first-order valence-electron chi connectivity index (χ1n) is 9.06. The minimum absolute atomic E-state index is 0.0843. The lowest BCUT2D eigenvalue weighted by molar-refractivity contribution is 0.0249. The second-order valence-electron chi connectivity index (χ2n) is 7.79. The van der Waals surface area contributed by atoms with Crippen LogP contribution in [-0.4, -0.2) is 34.3 Å². The summed E-state index contributed by atoms with van der Waals surface area (Å²) in [5.74, 6) is 0. The van der Waals surface area contributed by atoms with Crippen LogP contribution in [0.1, 0.15) is 26.8 Å². The van der Waals surface area contributed by atoms with E-state index in [2.05, 4.69) is 65.3 Å². The van der Waals surface area contributed by atoms with E-state index in [1.165, 1.54) is 21.8 Å². The van der Waals surface area contributed by atoms with E-state index in [1.54, 1.807) is 4.90 Å². The first-order chi connectivity index (χ1) is 12.4. The molecule has 0 bridgehead atoms. The summed E-state index contributed by atoms with van der Waals surface area (Å²) in [7, 11) is 0. The number of carbonyl (C=O) groups excluding carboxylic acids is 1. The van der Waals surface area contributed by atoms with E-state index >= 15 is 0 Å². The number of fused-ring (bicyclic) bond motifs is 3. The number of hydrogen-bond donors (Lipinski definition) is 0. The van der Waals surface area contributed by atoms with Crippen molar-refractivity contribution in [2.75, 3.05) is 13.1 Å². The van der Waals surface area contributed by atoms with Gasteiger partial charge in [-0.05, 0) is 32.9 Å². The fraction of sp³-hybridized carbons (Fsp3) is 0.318. The van der Waals surface area contributed by atoms with Gasteiger partial charge in [0.25, 0.3) is 0 Å². The van der Waals surface area contributed by atoms with Crippen molar-refractivity contribution in [3.05, 3.63) is 60.7 Å². The lowest BCUT2D eigenvalue weighted by Crippen LogP contribution is -2.41. The van der Waals surface area contributed by atoms with E-state index in [9.17, 15) is 4.79 Å². The van der Waals surface area contributed by atoms with Gasteiger partial charge in [0.15, 0.2) is 0 Å². The van der Waals surface area contributed by atoms with Crippen molar-refractivity contribution >= 4 is 27.9 Å². The summed E-state index contributed by atoms with van der Waals surface area (Å²) in [6.45, 7) is 6.88. The summed E-state index contributed by atoms with van der Waals surface area (Å²) in [5, 5.41) is 2.48. The summed E-state index contributed by atoms with van der Waals surface area (Å²) >= 11 is 0. The van der Waals surface area contributed by atoms with Gasteiger partial charge in [-0.1, -0.05) is 48.6 Å². The van der Waals surface area contributed by atoms with Crippen molar-refractivity contribution in [1.82, 2.24) is 9.47 Å². The molecule has 134 valence electrons. The molecule has 26 heavy (non-hydrogen) atoms. The normalized spacial score (nSPS) is 17.8. The maximum absolute atomic E-state index is 12.5. The van der Waals surface area contributed by atoms with Crippen molar-refractivity contribution in [2.24, 2.45) is 0 Å². The minimum Gasteiger partial charge on any atom is -0.444 e. The number of nitrogens with zero attached hydrogens (tertiary/aromatic N) is 2. The molecule has 1 aliphatic rings. The molecule has 0 radical (unpaired) electrons. The minimum atomic E-state index is -0.486. The van der Waals surface area contributed by atoms with Crippen LogP contribution in [-0.2, 0) is 4.74 Å². The molecule has 0 spiro atoms. The molecule has 1 aromatic heterocycles. The number of aromatic nitrogens is 1. The molecule has 0 N–H and O–H groups in total. The molecule has 1 amide bonds. The van der Waals surface area contributed by atoms with Gasteiger partial charge in [-0.15, -0.1) is 0 Å². The first kappa shape index (κ1) is 16.7. The number of hydrogen-bond acceptors (Lipinski definition) is 2. The predicted octanol–water partition coefficient (Wildman–Crippen LogP) is 5.14. The van der Waals surface area contributed by atoms with Gasteiger partial charge < -0.3 is 14.2 Å². The number of carbonyl (C=O) groups is 1. The molecule has 2 aromatic carbocycles. The van der Waals surface area contributed by atoms with Gasteiger partial charge in [-0.3, -0.25) is 0 Å². The molecule has 0 saturated heterocycles. The summed E-state index contributed by atoms with van der Waals surface area (Å²) in [6, 6.07) is 17.0. The third-order valence-electron chi connectivity index (χ3n) is 4.69. The van der Waals surface area contributed by atoms with Crippen LogP contribution in [0.15, 0.2) is 60.7 Å². The average Bonchev–Trinajstić information content (AvgIpc) is 2.95. The topological polar surface area (TPSA) is 34.5 Å². The SMILES string of the molecule is CC(C)(C)OC(=O)N1CC=C[C@@H](n2c3ccccc3c3ccccc32)C1. The smallest absolute Gasteiger partial charge is 0.410 e. The van der Waals surface area contributed by atoms with Crippen LogP contribution >= 0.6 is 0 Å². The van der Waals surface area contributed by atoms with Crippen molar-refractivity contribution in [1.29, 1.82) is 0 Å². The Bertz CT molecular complexity index is 941. The van der Waals surface area contributed by atoms with E-state index in [0.29, 0.717) is 13.1 Å². The highest BCUT2D eigenvalue weighted by Crippen LogP contribution is 2.33. The van der Waals surface area contributed by atoms with E-state index in [-0.39, 0.29) is 12.1 Å². The number of rotatable bonds is 1. The number of benzene rings is 2. The highest BCUT2D eigenvalue weighted by atomic mass is 16.6. The van der Waals surface area contributed by atoms with E-state index in [4.69, 9.17) is 4.74 Å². The zero-order valence-electron chi connectivity index (χ0n) is 15.5. The largest absolute Gasteiger partial charge is 0.444 e. The molecule has 0 unspecified atom stereocenters. The quantitative estimate of drug-likeness (QED) is 0.571. The highest BCUT2D eigenvalue weighted by Gasteiger charge is 2.27. The Morgan fingerprint density at radius 2 is 1.58 bits per heavy atom. The van der Waals surface area contributed by atoms with Gasteiger partial charge in [0, 0.05) is 34.9 Å². The first-order valence-corrected chi connectivity index (χ1v) is 9.06. The van der Waals surface area contributed by atoms with Crippen LogP contribution in [0.2, 0.25) is 0 Å². The number of para-hydroxylation sites is 2. The standard InChI is InChI=1S/C22H24N2O2/c1-22(2,3)26-21(25)23-14-8-9-16(15-23)24-19-12-6-4-10-17(19)18-11-5-7-13-20(18)24/h4-13,16H,14-15H2,1-3H3/t16-/m1/s1. The van der Waals surface area contributed by atoms with Crippen molar-refractivity contribution in [3.63, 3.8) is 0 Å². The Morgan fingerprint density at radius 3 is 2.15 bits per heavy atom. The zero-order chi connectivity index (χ0) is 18.3. The fourth-order valence-electron chi connectivity index (χ4n) is 3.66. The van der Waals surface area contributed by atoms with Gasteiger partial charge in [0.2, 0.25) is 0 Å². The Kier molecular flexibility index (Phi) is 3.98. The maximum atomic E-state index is 12.5. The van der Waals surface area contributed by atoms with Crippen molar-refractivity contribution < 1.29 is 9.53 Å². The maximum Gasteiger partial charge on any atom is 0.410 e. The van der Waals surface area contributed by atoms with Crippen molar-refractivity contribution in [2.45, 2.75) is 32.4 Å². The molecule has 0 saturated carbocycles. The molecular formula is C22H24N2O2. The lowest BCUT2D eigenvalue weighted by Gasteiger charge is -2.32. The van der Waals surface area contributed by atoms with Crippen molar-refractivity contribution in [3.8, 4) is 0 Å². The highest BCUT2D eigenvalue weighted by molar-refractivity contribution is 6.08. The van der Waals surface area contributed by atoms with Crippen LogP contribution in [0.3, 0.4) is 0 Å². The molecule has 4 rings (SSSR count). The Hall–Kier alpha value is -2.75. The van der Waals surface area contributed by atoms with Gasteiger partial charge in [-0.2, -0.15) is 0 Å². The summed E-state index contributed by atoms with van der Waals surface area (Å²) in [5.41, 5.74) is 1.89. The molecule has 1 atom stereocenters. The van der Waals surface area contributed by atoms with Crippen LogP contribution in [0.4, 0.5) is 4.79 Å². The molecule has 2 heterocycles. The van der Waals surface area contributed by atoms with Gasteiger partial charge in [0.1, 0.15) is 5.60 Å². The molecule has 1 aliphatic heterocycles. The zero-order valence-corrected chi connectivity index (χ0v) is 15.5. The molecule has 3 aromatic rings. The Labute approximate surface area is 153 Å². The van der Waals surface area contributed by atoms with Crippen LogP contribution < -0.4 is 0 Å². The van der Waals surface area contributed by atoms with Gasteiger partial charge in [0.05, 0.1) is 6.04 Å². The second-order valence-corrected chi connectivity index (χ2v) is 7.79. The fourth-order valence-corrected chi connectivity index (χ4v) is 3.66. The van der Waals surface area contributed by atoms with Crippen LogP contribution in [0.5, 0.6) is 0 Å². The van der Waals surface area contributed by atoms with E-state index in [0.717, 1.165) is 0 Å². The molecule has 0 fully saturated rings. The molecule has 4 nitrogen and oxygen atoms in total. The Morgan fingerprint density at radius 1 is 1.00 bits per heavy atom. The lowest BCUT2D eigenvalue weighted by atomic mass is 10.1. The molecule has 4 heteroatoms. The molecular weight excluding hydrogens is 324 g/mol. The van der Waals surface area contributed by atoms with Crippen LogP contribution in [0.25, 0.3) is 21.8 Å². The monoisotopic (exact) mass is 348 g/mol. The number of amides is 1. The number of ether oxygens (including phenoxy) is 1. The van der Waals surface area contributed by atoms with E-state index in [1.807, 2.05) is 20.8 Å². The van der Waals surface area contributed by atoms with Gasteiger partial charge in [-0.25, -0.2) is 4.79 Å². The summed E-state index contributed by atoms with van der Waals surface area (Å²) in [6.07, 6.45) is 3.99. The average molecular weight is 348 g/mol. The predicted molar refractivity (Wildman–Crippen MR) is 105 cm³/mol. The summed E-state index contributed by atoms with van der Waals surface area (Å²) < 4.78 is 7.89. The third kappa shape index (κ3) is 2.96.